The molecule has 148 valence electrons. The highest BCUT2D eigenvalue weighted by atomic mass is 16.5. The molecule has 3 aromatic carbocycles. The fraction of sp³-hybridized carbons (Fsp3) is 0.130. The fourth-order valence-corrected chi connectivity index (χ4v) is 2.63. The molecule has 0 aliphatic carbocycles. The van der Waals surface area contributed by atoms with Gasteiger partial charge in [0.1, 0.15) is 24.7 Å². The van der Waals surface area contributed by atoms with E-state index in [0.717, 1.165) is 11.3 Å². The van der Waals surface area contributed by atoms with Gasteiger partial charge in [-0.05, 0) is 29.8 Å². The molecule has 0 heterocycles. The zero-order valence-electron chi connectivity index (χ0n) is 15.8. The summed E-state index contributed by atoms with van der Waals surface area (Å²) in [6, 6.07) is 25.5. The number of hydrogen-bond donors (Lipinski definition) is 2. The van der Waals surface area contributed by atoms with Crippen LogP contribution < -0.4 is 20.3 Å². The molecule has 0 saturated heterocycles. The molecule has 0 radical (unpaired) electrons. The van der Waals surface area contributed by atoms with Crippen LogP contribution >= 0.6 is 0 Å². The Kier molecular flexibility index (Phi) is 7.23. The topological polar surface area (TPSA) is 76.7 Å². The van der Waals surface area contributed by atoms with E-state index < -0.39 is 5.91 Å². The Hall–Kier alpha value is -3.80. The van der Waals surface area contributed by atoms with Crippen LogP contribution in [0.2, 0.25) is 0 Å². The lowest BCUT2D eigenvalue weighted by Gasteiger charge is -2.13. The van der Waals surface area contributed by atoms with Gasteiger partial charge in [0.2, 0.25) is 5.91 Å². The molecule has 0 bridgehead atoms. The van der Waals surface area contributed by atoms with Gasteiger partial charge >= 0.3 is 0 Å². The van der Waals surface area contributed by atoms with Crippen LogP contribution in [-0.4, -0.2) is 25.0 Å². The van der Waals surface area contributed by atoms with Gasteiger partial charge in [0.05, 0.1) is 12.0 Å². The third-order valence-electron chi connectivity index (χ3n) is 4.01. The number of rotatable bonds is 8. The molecule has 0 fully saturated rings. The van der Waals surface area contributed by atoms with Gasteiger partial charge in [-0.15, -0.1) is 0 Å². The van der Waals surface area contributed by atoms with Gasteiger partial charge in [0.25, 0.3) is 5.91 Å². The number of ether oxygens (including phenoxy) is 2. The second-order valence-corrected chi connectivity index (χ2v) is 6.17. The lowest BCUT2D eigenvalue weighted by molar-refractivity contribution is -0.121. The van der Waals surface area contributed by atoms with Crippen LogP contribution in [0.25, 0.3) is 0 Å². The lowest BCUT2D eigenvalue weighted by atomic mass is 10.1. The van der Waals surface area contributed by atoms with E-state index in [-0.39, 0.29) is 18.9 Å². The SMILES string of the molecule is O=C(Cc1ccccc1)NNC(=O)c1ccccc1OCCOc1ccccc1. The summed E-state index contributed by atoms with van der Waals surface area (Å²) in [7, 11) is 0. The molecule has 0 aromatic heterocycles. The van der Waals surface area contributed by atoms with Gasteiger partial charge < -0.3 is 9.47 Å². The summed E-state index contributed by atoms with van der Waals surface area (Å²) in [6.45, 7) is 0.618. The predicted molar refractivity (Wildman–Crippen MR) is 110 cm³/mol. The van der Waals surface area contributed by atoms with Gasteiger partial charge in [-0.3, -0.25) is 20.4 Å². The Balaban J connectivity index is 1.48. The van der Waals surface area contributed by atoms with Crippen molar-refractivity contribution in [3.8, 4) is 11.5 Å². The average molecular weight is 390 g/mol. The molecule has 6 heteroatoms. The second-order valence-electron chi connectivity index (χ2n) is 6.17. The van der Waals surface area contributed by atoms with Crippen LogP contribution in [0.1, 0.15) is 15.9 Å². The van der Waals surface area contributed by atoms with Gasteiger partial charge in [-0.1, -0.05) is 60.7 Å². The van der Waals surface area contributed by atoms with E-state index in [2.05, 4.69) is 10.9 Å². The van der Waals surface area contributed by atoms with Crippen molar-refractivity contribution >= 4 is 11.8 Å². The Morgan fingerprint density at radius 2 is 1.31 bits per heavy atom. The van der Waals surface area contributed by atoms with E-state index in [9.17, 15) is 9.59 Å². The molecule has 3 aromatic rings. The number of carbonyl (C=O) groups excluding carboxylic acids is 2. The first-order chi connectivity index (χ1) is 14.2. The molecular formula is C23H22N2O4. The third kappa shape index (κ3) is 6.39. The van der Waals surface area contributed by atoms with Gasteiger partial charge in [0, 0.05) is 0 Å². The molecule has 3 rings (SSSR count). The van der Waals surface area contributed by atoms with Crippen molar-refractivity contribution in [1.29, 1.82) is 0 Å². The van der Waals surface area contributed by atoms with Gasteiger partial charge in [-0.2, -0.15) is 0 Å². The van der Waals surface area contributed by atoms with Crippen molar-refractivity contribution in [1.82, 2.24) is 10.9 Å². The smallest absolute Gasteiger partial charge is 0.273 e. The first-order valence-electron chi connectivity index (χ1n) is 9.25. The molecule has 2 amide bonds. The first kappa shape index (κ1) is 19.9. The fourth-order valence-electron chi connectivity index (χ4n) is 2.63. The van der Waals surface area contributed by atoms with E-state index in [4.69, 9.17) is 9.47 Å². The summed E-state index contributed by atoms with van der Waals surface area (Å²) in [5, 5.41) is 0. The summed E-state index contributed by atoms with van der Waals surface area (Å²) < 4.78 is 11.3. The van der Waals surface area contributed by atoms with Crippen LogP contribution in [0.5, 0.6) is 11.5 Å². The Labute approximate surface area is 169 Å². The molecule has 2 N–H and O–H groups in total. The van der Waals surface area contributed by atoms with E-state index in [0.29, 0.717) is 17.9 Å². The minimum absolute atomic E-state index is 0.177. The van der Waals surface area contributed by atoms with Gasteiger partial charge in [0.15, 0.2) is 0 Å². The van der Waals surface area contributed by atoms with Crippen molar-refractivity contribution in [2.75, 3.05) is 13.2 Å². The number of hydrazine groups is 1. The molecule has 29 heavy (non-hydrogen) atoms. The van der Waals surface area contributed by atoms with E-state index in [1.165, 1.54) is 0 Å². The summed E-state index contributed by atoms with van der Waals surface area (Å²) in [6.07, 6.45) is 0.177. The van der Waals surface area contributed by atoms with Crippen molar-refractivity contribution in [3.05, 3.63) is 96.1 Å². The highest BCUT2D eigenvalue weighted by Gasteiger charge is 2.13. The summed E-state index contributed by atoms with van der Waals surface area (Å²) in [4.78, 5) is 24.4. The van der Waals surface area contributed by atoms with Crippen molar-refractivity contribution in [2.45, 2.75) is 6.42 Å². The predicted octanol–water partition coefficient (Wildman–Crippen LogP) is 3.15. The van der Waals surface area contributed by atoms with Crippen LogP contribution in [0.3, 0.4) is 0 Å². The number of nitrogens with one attached hydrogen (secondary N) is 2. The first-order valence-corrected chi connectivity index (χ1v) is 9.25. The lowest BCUT2D eigenvalue weighted by Crippen LogP contribution is -2.42. The Bertz CT molecular complexity index is 930. The molecule has 6 nitrogen and oxygen atoms in total. The number of carbonyl (C=O) groups is 2. The zero-order valence-corrected chi connectivity index (χ0v) is 15.8. The van der Waals surface area contributed by atoms with Crippen LogP contribution in [0, 0.1) is 0 Å². The highest BCUT2D eigenvalue weighted by Crippen LogP contribution is 2.17. The normalized spacial score (nSPS) is 10.1. The van der Waals surface area contributed by atoms with Crippen LogP contribution in [-0.2, 0) is 11.2 Å². The minimum Gasteiger partial charge on any atom is -0.490 e. The maximum absolute atomic E-state index is 12.4. The molecule has 0 unspecified atom stereocenters. The summed E-state index contributed by atoms with van der Waals surface area (Å²) in [5.41, 5.74) is 6.04. The van der Waals surface area contributed by atoms with E-state index >= 15 is 0 Å². The molecule has 0 aliphatic rings. The molecule has 0 atom stereocenters. The highest BCUT2D eigenvalue weighted by molar-refractivity contribution is 5.97. The monoisotopic (exact) mass is 390 g/mol. The third-order valence-corrected chi connectivity index (χ3v) is 4.01. The standard InChI is InChI=1S/C23H22N2O4/c26-22(17-18-9-3-1-4-10-18)24-25-23(27)20-13-7-8-14-21(20)29-16-15-28-19-11-5-2-6-12-19/h1-14H,15-17H2,(H,24,26)(H,25,27). The molecule has 0 saturated carbocycles. The van der Waals surface area contributed by atoms with E-state index in [1.807, 2.05) is 60.7 Å². The number of amides is 2. The number of hydrogen-bond acceptors (Lipinski definition) is 4. The maximum Gasteiger partial charge on any atom is 0.273 e. The number of para-hydroxylation sites is 2. The van der Waals surface area contributed by atoms with Gasteiger partial charge in [-0.25, -0.2) is 0 Å². The average Bonchev–Trinajstić information content (AvgIpc) is 2.77. The minimum atomic E-state index is -0.453. The van der Waals surface area contributed by atoms with Crippen LogP contribution in [0.15, 0.2) is 84.9 Å². The second kappa shape index (κ2) is 10.5. The maximum atomic E-state index is 12.4. The summed E-state index contributed by atoms with van der Waals surface area (Å²) >= 11 is 0. The molecular weight excluding hydrogens is 368 g/mol. The number of benzene rings is 3. The van der Waals surface area contributed by atoms with Crippen molar-refractivity contribution < 1.29 is 19.1 Å². The Morgan fingerprint density at radius 3 is 2.07 bits per heavy atom. The van der Waals surface area contributed by atoms with Crippen molar-refractivity contribution in [3.63, 3.8) is 0 Å². The van der Waals surface area contributed by atoms with E-state index in [1.54, 1.807) is 24.3 Å². The molecule has 0 aliphatic heterocycles. The summed E-state index contributed by atoms with van der Waals surface area (Å²) in [5.74, 6) is 0.410. The largest absolute Gasteiger partial charge is 0.490 e. The zero-order chi connectivity index (χ0) is 20.3. The van der Waals surface area contributed by atoms with Crippen molar-refractivity contribution in [2.24, 2.45) is 0 Å². The van der Waals surface area contributed by atoms with Crippen LogP contribution in [0.4, 0.5) is 0 Å². The molecule has 0 spiro atoms. The Morgan fingerprint density at radius 1 is 0.690 bits per heavy atom. The quantitative estimate of drug-likeness (QED) is 0.458.